The molecule has 0 radical (unpaired) electrons. The van der Waals surface area contributed by atoms with Crippen molar-refractivity contribution >= 4 is 27.5 Å². The Morgan fingerprint density at radius 2 is 1.02 bits per heavy atom. The molecule has 280 valence electrons. The lowest BCUT2D eigenvalue weighted by molar-refractivity contribution is 1.07. The molecule has 0 aliphatic heterocycles. The van der Waals surface area contributed by atoms with Crippen LogP contribution >= 0.6 is 0 Å². The Morgan fingerprint density at radius 1 is 0.467 bits per heavy atom. The summed E-state index contributed by atoms with van der Waals surface area (Å²) in [4.78, 5) is 19.1. The molecule has 0 aliphatic carbocycles. The van der Waals surface area contributed by atoms with Crippen LogP contribution in [0.5, 0.6) is 0 Å². The zero-order valence-electron chi connectivity index (χ0n) is 32.6. The van der Waals surface area contributed by atoms with Crippen LogP contribution in [0.1, 0.15) is 11.1 Å². The molecular weight excluding hydrogens is 733 g/mol. The number of nitrogens with zero attached hydrogens (tertiary/aromatic N) is 6. The van der Waals surface area contributed by atoms with Gasteiger partial charge in [0.1, 0.15) is 0 Å². The van der Waals surface area contributed by atoms with Crippen LogP contribution in [0.4, 0.5) is 5.69 Å². The lowest BCUT2D eigenvalue weighted by Crippen LogP contribution is -2.04. The molecule has 2 aromatic heterocycles. The van der Waals surface area contributed by atoms with Gasteiger partial charge in [-0.1, -0.05) is 140 Å². The second kappa shape index (κ2) is 15.1. The topological polar surface area (TPSA) is 71.8 Å². The summed E-state index contributed by atoms with van der Waals surface area (Å²) in [6, 6.07) is 65.7. The minimum Gasteiger partial charge on any atom is -0.308 e. The lowest BCUT2D eigenvalue weighted by Gasteiger charge is -2.21. The Labute approximate surface area is 347 Å². The Hall–Kier alpha value is -8.45. The molecule has 0 N–H and O–H groups in total. The molecule has 2 heterocycles. The fraction of sp³-hybridized carbons (Fsp3) is 0.0185. The minimum atomic E-state index is 0.500. The van der Waals surface area contributed by atoms with Crippen molar-refractivity contribution in [2.45, 2.75) is 6.92 Å². The molecule has 0 spiro atoms. The van der Waals surface area contributed by atoms with Crippen molar-refractivity contribution in [1.29, 1.82) is 5.26 Å². The van der Waals surface area contributed by atoms with Crippen LogP contribution in [0, 0.1) is 24.8 Å². The molecule has 6 heteroatoms. The average molecular weight is 767 g/mol. The first kappa shape index (κ1) is 35.9. The number of rotatable bonds is 7. The Morgan fingerprint density at radius 3 is 1.68 bits per heavy atom. The number of benzene rings is 8. The van der Waals surface area contributed by atoms with Gasteiger partial charge in [-0.25, -0.2) is 19.8 Å². The standard InChI is InChI=1S/C54H34N6/c1-35-15-9-10-24-44(35)41-27-28-50-48(31-41)45-25-11-12-26-49(45)60(50)51-46(39-21-13-16-36(29-39)34-55)32-42(33-47(51)40-22-14-23-43(30-40)56-2)54-58-52(37-17-5-3-6-18-37)57-53(59-54)38-19-7-4-8-20-38/h3-33H,1H3. The number of aromatic nitrogens is 4. The summed E-state index contributed by atoms with van der Waals surface area (Å²) in [6.07, 6.45) is 0. The minimum absolute atomic E-state index is 0.500. The van der Waals surface area contributed by atoms with Gasteiger partial charge >= 0.3 is 0 Å². The molecule has 10 aromatic rings. The van der Waals surface area contributed by atoms with Gasteiger partial charge in [0.25, 0.3) is 0 Å². The fourth-order valence-electron chi connectivity index (χ4n) is 8.16. The normalized spacial score (nSPS) is 11.1. The van der Waals surface area contributed by atoms with Crippen molar-refractivity contribution in [1.82, 2.24) is 19.5 Å². The number of hydrogen-bond acceptors (Lipinski definition) is 4. The van der Waals surface area contributed by atoms with E-state index in [2.05, 4.69) is 107 Å². The van der Waals surface area contributed by atoms with E-state index in [0.717, 1.165) is 72.0 Å². The SMILES string of the molecule is [C-]#[N+]c1cccc(-c2cc(-c3nc(-c4ccccc4)nc(-c4ccccc4)n3)cc(-c3cccc(C#N)c3)c2-n2c3ccccc3c3cc(-c4ccccc4C)ccc32)c1. The molecule has 0 amide bonds. The van der Waals surface area contributed by atoms with Crippen molar-refractivity contribution in [3.8, 4) is 79.3 Å². The highest BCUT2D eigenvalue weighted by atomic mass is 15.0. The molecule has 0 atom stereocenters. The van der Waals surface area contributed by atoms with E-state index in [1.165, 1.54) is 11.1 Å². The van der Waals surface area contributed by atoms with Gasteiger partial charge in [-0.05, 0) is 83.3 Å². The Bertz CT molecular complexity index is 3220. The average Bonchev–Trinajstić information content (AvgIpc) is 3.65. The smallest absolute Gasteiger partial charge is 0.187 e. The number of hydrogen-bond donors (Lipinski definition) is 0. The second-order valence-electron chi connectivity index (χ2n) is 14.7. The van der Waals surface area contributed by atoms with Crippen LogP contribution in [0.2, 0.25) is 0 Å². The number of aryl methyl sites for hydroxylation is 1. The zero-order valence-corrected chi connectivity index (χ0v) is 32.6. The summed E-state index contributed by atoms with van der Waals surface area (Å²) >= 11 is 0. The maximum Gasteiger partial charge on any atom is 0.187 e. The van der Waals surface area contributed by atoms with Crippen molar-refractivity contribution in [2.24, 2.45) is 0 Å². The van der Waals surface area contributed by atoms with Gasteiger partial charge in [-0.15, -0.1) is 0 Å². The molecule has 0 bridgehead atoms. The maximum atomic E-state index is 10.2. The summed E-state index contributed by atoms with van der Waals surface area (Å²) in [5.74, 6) is 1.61. The Kier molecular flexibility index (Phi) is 9.06. The largest absolute Gasteiger partial charge is 0.308 e. The van der Waals surface area contributed by atoms with Crippen LogP contribution in [0.3, 0.4) is 0 Å². The second-order valence-corrected chi connectivity index (χ2v) is 14.7. The maximum absolute atomic E-state index is 10.2. The van der Waals surface area contributed by atoms with Crippen LogP contribution in [-0.2, 0) is 0 Å². The van der Waals surface area contributed by atoms with Gasteiger partial charge in [-0.3, -0.25) is 0 Å². The third-order valence-corrected chi connectivity index (χ3v) is 11.0. The van der Waals surface area contributed by atoms with E-state index in [-0.39, 0.29) is 0 Å². The molecular formula is C54H34N6. The van der Waals surface area contributed by atoms with E-state index in [1.54, 1.807) is 0 Å². The Balaban J connectivity index is 1.33. The summed E-state index contributed by atoms with van der Waals surface area (Å²) < 4.78 is 2.34. The number of nitriles is 1. The van der Waals surface area contributed by atoms with Gasteiger partial charge in [0.15, 0.2) is 23.2 Å². The van der Waals surface area contributed by atoms with Gasteiger partial charge in [-0.2, -0.15) is 5.26 Å². The van der Waals surface area contributed by atoms with E-state index >= 15 is 0 Å². The molecule has 8 aromatic carbocycles. The van der Waals surface area contributed by atoms with Crippen molar-refractivity contribution in [3.05, 3.63) is 211 Å². The van der Waals surface area contributed by atoms with Gasteiger partial charge in [0, 0.05) is 38.6 Å². The summed E-state index contributed by atoms with van der Waals surface area (Å²) in [5, 5.41) is 12.4. The summed E-state index contributed by atoms with van der Waals surface area (Å²) in [7, 11) is 0. The molecule has 60 heavy (non-hydrogen) atoms. The van der Waals surface area contributed by atoms with Crippen LogP contribution < -0.4 is 0 Å². The third-order valence-electron chi connectivity index (χ3n) is 11.0. The molecule has 0 unspecified atom stereocenters. The van der Waals surface area contributed by atoms with E-state index in [4.69, 9.17) is 21.5 Å². The molecule has 0 aliphatic rings. The highest BCUT2D eigenvalue weighted by molar-refractivity contribution is 6.12. The van der Waals surface area contributed by atoms with Gasteiger partial charge in [0.2, 0.25) is 0 Å². The zero-order chi connectivity index (χ0) is 40.6. The van der Waals surface area contributed by atoms with Crippen LogP contribution in [0.25, 0.3) is 99.9 Å². The predicted octanol–water partition coefficient (Wildman–Crippen LogP) is 13.7. The van der Waals surface area contributed by atoms with E-state index in [1.807, 2.05) is 103 Å². The third kappa shape index (κ3) is 6.45. The molecule has 0 fully saturated rings. The monoisotopic (exact) mass is 766 g/mol. The quantitative estimate of drug-likeness (QED) is 0.151. The molecule has 6 nitrogen and oxygen atoms in total. The van der Waals surface area contributed by atoms with E-state index < -0.39 is 0 Å². The van der Waals surface area contributed by atoms with Crippen molar-refractivity contribution < 1.29 is 0 Å². The number of para-hydroxylation sites is 1. The van der Waals surface area contributed by atoms with Gasteiger partial charge < -0.3 is 4.57 Å². The predicted molar refractivity (Wildman–Crippen MR) is 242 cm³/mol. The lowest BCUT2D eigenvalue weighted by atomic mass is 9.91. The van der Waals surface area contributed by atoms with Gasteiger partial charge in [0.05, 0.1) is 34.9 Å². The fourth-order valence-corrected chi connectivity index (χ4v) is 8.16. The van der Waals surface area contributed by atoms with E-state index in [0.29, 0.717) is 28.7 Å². The number of fused-ring (bicyclic) bond motifs is 3. The summed E-state index contributed by atoms with van der Waals surface area (Å²) in [5.41, 5.74) is 13.6. The highest BCUT2D eigenvalue weighted by Crippen LogP contribution is 2.45. The van der Waals surface area contributed by atoms with Crippen molar-refractivity contribution in [3.63, 3.8) is 0 Å². The first-order valence-electron chi connectivity index (χ1n) is 19.7. The van der Waals surface area contributed by atoms with Crippen LogP contribution in [0.15, 0.2) is 188 Å². The molecule has 10 rings (SSSR count). The summed E-state index contributed by atoms with van der Waals surface area (Å²) in [6.45, 7) is 10.1. The molecule has 0 saturated heterocycles. The van der Waals surface area contributed by atoms with Crippen molar-refractivity contribution in [2.75, 3.05) is 0 Å². The van der Waals surface area contributed by atoms with Crippen LogP contribution in [-0.4, -0.2) is 19.5 Å². The first-order chi connectivity index (χ1) is 29.6. The van der Waals surface area contributed by atoms with E-state index in [9.17, 15) is 5.26 Å². The molecule has 0 saturated carbocycles. The highest BCUT2D eigenvalue weighted by Gasteiger charge is 2.24. The first-order valence-corrected chi connectivity index (χ1v) is 19.7.